The van der Waals surface area contributed by atoms with E-state index in [0.29, 0.717) is 6.42 Å². The molecule has 1 aliphatic heterocycles. The minimum Gasteiger partial charge on any atom is -0.294 e. The van der Waals surface area contributed by atoms with Crippen LogP contribution < -0.4 is 0 Å². The van der Waals surface area contributed by atoms with Crippen molar-refractivity contribution in [1.82, 2.24) is 4.31 Å². The summed E-state index contributed by atoms with van der Waals surface area (Å²) >= 11 is 3.51. The third-order valence-electron chi connectivity index (χ3n) is 6.08. The number of benzene rings is 2. The summed E-state index contributed by atoms with van der Waals surface area (Å²) in [6, 6.07) is 12.8. The Morgan fingerprint density at radius 1 is 1.17 bits per heavy atom. The summed E-state index contributed by atoms with van der Waals surface area (Å²) in [5, 5.41) is 0. The second-order valence-electron chi connectivity index (χ2n) is 7.67. The van der Waals surface area contributed by atoms with E-state index >= 15 is 0 Å². The Morgan fingerprint density at radius 2 is 1.90 bits per heavy atom. The van der Waals surface area contributed by atoms with Gasteiger partial charge in [-0.25, -0.2) is 8.42 Å². The number of hydrogen-bond donors (Lipinski definition) is 0. The van der Waals surface area contributed by atoms with Gasteiger partial charge in [-0.1, -0.05) is 51.8 Å². The molecule has 0 aromatic heterocycles. The maximum atomic E-state index is 13.2. The molecule has 0 bridgehead atoms. The van der Waals surface area contributed by atoms with Crippen LogP contribution >= 0.6 is 15.9 Å². The fourth-order valence-electron chi connectivity index (χ4n) is 4.45. The highest BCUT2D eigenvalue weighted by molar-refractivity contribution is 9.10. The van der Waals surface area contributed by atoms with Gasteiger partial charge >= 0.3 is 0 Å². The number of nitrogens with zero attached hydrogens (tertiary/aromatic N) is 1. The molecule has 0 N–H and O–H groups in total. The molecule has 2 atom stereocenters. The van der Waals surface area contributed by atoms with Gasteiger partial charge < -0.3 is 0 Å². The molecule has 0 amide bonds. The molecule has 29 heavy (non-hydrogen) atoms. The Bertz CT molecular complexity index is 1120. The van der Waals surface area contributed by atoms with E-state index in [0.717, 1.165) is 21.2 Å². The second-order valence-corrected chi connectivity index (χ2v) is 10.5. The van der Waals surface area contributed by atoms with E-state index in [-0.39, 0.29) is 29.7 Å². The smallest absolute Gasteiger partial charge is 0.243 e. The zero-order valence-corrected chi connectivity index (χ0v) is 18.5. The fraction of sp³-hybridized carbons (Fsp3) is 0.261. The molecule has 1 spiro atoms. The van der Waals surface area contributed by atoms with Crippen molar-refractivity contribution >= 4 is 37.8 Å². The lowest BCUT2D eigenvalue weighted by Crippen LogP contribution is -2.55. The predicted octanol–water partition coefficient (Wildman–Crippen LogP) is 4.49. The van der Waals surface area contributed by atoms with E-state index < -0.39 is 15.4 Å². The first-order valence-corrected chi connectivity index (χ1v) is 11.7. The number of halogens is 1. The van der Waals surface area contributed by atoms with Gasteiger partial charge in [0.2, 0.25) is 10.0 Å². The lowest BCUT2D eigenvalue weighted by Gasteiger charge is -2.47. The van der Waals surface area contributed by atoms with Crippen LogP contribution in [0.3, 0.4) is 0 Å². The number of piperidine rings is 1. The van der Waals surface area contributed by atoms with Crippen molar-refractivity contribution in [3.05, 3.63) is 82.4 Å². The Morgan fingerprint density at radius 3 is 2.59 bits per heavy atom. The first kappa shape index (κ1) is 20.3. The van der Waals surface area contributed by atoms with Gasteiger partial charge in [0.1, 0.15) is 0 Å². The number of allylic oxidation sites excluding steroid dienone is 1. The predicted molar refractivity (Wildman–Crippen MR) is 118 cm³/mol. The van der Waals surface area contributed by atoms with Crippen molar-refractivity contribution in [2.75, 3.05) is 13.1 Å². The zero-order chi connectivity index (χ0) is 20.8. The summed E-state index contributed by atoms with van der Waals surface area (Å²) in [6.45, 7) is 6.39. The number of fused-ring (bicyclic) bond motifs is 2. The van der Waals surface area contributed by atoms with Crippen molar-refractivity contribution in [3.8, 4) is 0 Å². The van der Waals surface area contributed by atoms with Crippen LogP contribution in [0.15, 0.2) is 70.6 Å². The Kier molecular flexibility index (Phi) is 5.13. The largest absolute Gasteiger partial charge is 0.294 e. The summed E-state index contributed by atoms with van der Waals surface area (Å²) in [7, 11) is -3.63. The van der Waals surface area contributed by atoms with Gasteiger partial charge in [0.05, 0.1) is 10.3 Å². The second kappa shape index (κ2) is 7.35. The number of carbonyl (C=O) groups is 1. The molecule has 2 aliphatic rings. The third-order valence-corrected chi connectivity index (χ3v) is 8.45. The first-order chi connectivity index (χ1) is 13.8. The van der Waals surface area contributed by atoms with Crippen molar-refractivity contribution in [3.63, 3.8) is 0 Å². The average Bonchev–Trinajstić information content (AvgIpc) is 2.71. The molecule has 4 rings (SSSR count). The third kappa shape index (κ3) is 3.23. The van der Waals surface area contributed by atoms with E-state index in [1.807, 2.05) is 31.2 Å². The molecule has 1 fully saturated rings. The summed E-state index contributed by atoms with van der Waals surface area (Å²) in [5.74, 6) is -0.303. The van der Waals surface area contributed by atoms with E-state index in [4.69, 9.17) is 0 Å². The maximum Gasteiger partial charge on any atom is 0.243 e. The fourth-order valence-corrected chi connectivity index (χ4v) is 6.28. The highest BCUT2D eigenvalue weighted by Crippen LogP contribution is 2.47. The van der Waals surface area contributed by atoms with Gasteiger partial charge in [-0.3, -0.25) is 4.79 Å². The molecule has 0 radical (unpaired) electrons. The van der Waals surface area contributed by atoms with Crippen LogP contribution in [-0.2, 0) is 20.2 Å². The van der Waals surface area contributed by atoms with Crippen LogP contribution in [0, 0.1) is 12.8 Å². The molecule has 1 aliphatic carbocycles. The van der Waals surface area contributed by atoms with Crippen LogP contribution in [0.1, 0.15) is 23.1 Å². The summed E-state index contributed by atoms with van der Waals surface area (Å²) in [6.07, 6.45) is 5.61. The molecule has 0 unspecified atom stereocenters. The summed E-state index contributed by atoms with van der Waals surface area (Å²) in [5.41, 5.74) is 2.16. The van der Waals surface area contributed by atoms with Crippen LogP contribution in [0.2, 0.25) is 0 Å². The van der Waals surface area contributed by atoms with Gasteiger partial charge in [-0.2, -0.15) is 4.31 Å². The standard InChI is InChI=1S/C23H22BrNO3S/c1-3-18-15-25(29(27,28)20-9-4-16(2)5-10-20)13-12-23(18)21-14-19(24)8-6-17(21)7-11-22(23)26/h3-11,14,18H,1,12-13,15H2,2H3/t18-,23+/m1/s1. The molecule has 1 saturated heterocycles. The Balaban J connectivity index is 1.74. The van der Waals surface area contributed by atoms with Crippen LogP contribution in [-0.4, -0.2) is 31.6 Å². The average molecular weight is 472 g/mol. The minimum absolute atomic E-state index is 0.0142. The van der Waals surface area contributed by atoms with E-state index in [9.17, 15) is 13.2 Å². The van der Waals surface area contributed by atoms with Gasteiger partial charge in [0.15, 0.2) is 5.78 Å². The van der Waals surface area contributed by atoms with Gasteiger partial charge in [-0.05, 0) is 54.8 Å². The number of aryl methyl sites for hydroxylation is 1. The van der Waals surface area contributed by atoms with Gasteiger partial charge in [0, 0.05) is 23.5 Å². The number of sulfonamides is 1. The summed E-state index contributed by atoms with van der Waals surface area (Å²) < 4.78 is 28.8. The van der Waals surface area contributed by atoms with Gasteiger partial charge in [0.25, 0.3) is 0 Å². The molecule has 150 valence electrons. The van der Waals surface area contributed by atoms with E-state index in [1.54, 1.807) is 36.4 Å². The quantitative estimate of drug-likeness (QED) is 0.619. The number of hydrogen-bond acceptors (Lipinski definition) is 3. The van der Waals surface area contributed by atoms with Crippen LogP contribution in [0.5, 0.6) is 0 Å². The van der Waals surface area contributed by atoms with E-state index in [1.165, 1.54) is 4.31 Å². The van der Waals surface area contributed by atoms with Gasteiger partial charge in [-0.15, -0.1) is 6.58 Å². The van der Waals surface area contributed by atoms with Crippen molar-refractivity contribution < 1.29 is 13.2 Å². The van der Waals surface area contributed by atoms with Crippen molar-refractivity contribution in [1.29, 1.82) is 0 Å². The summed E-state index contributed by atoms with van der Waals surface area (Å²) in [4.78, 5) is 13.4. The Labute approximate surface area is 180 Å². The lowest BCUT2D eigenvalue weighted by molar-refractivity contribution is -0.122. The van der Waals surface area contributed by atoms with Crippen LogP contribution in [0.4, 0.5) is 0 Å². The Hall–Kier alpha value is -2.02. The van der Waals surface area contributed by atoms with Crippen molar-refractivity contribution in [2.45, 2.75) is 23.7 Å². The zero-order valence-electron chi connectivity index (χ0n) is 16.1. The molecule has 6 heteroatoms. The number of rotatable bonds is 3. The molecule has 2 aromatic rings. The molecule has 0 saturated carbocycles. The molecular weight excluding hydrogens is 450 g/mol. The first-order valence-electron chi connectivity index (χ1n) is 9.51. The maximum absolute atomic E-state index is 13.2. The highest BCUT2D eigenvalue weighted by Gasteiger charge is 2.51. The molecule has 4 nitrogen and oxygen atoms in total. The number of ketones is 1. The topological polar surface area (TPSA) is 54.5 Å². The normalized spacial score (nSPS) is 24.5. The molecule has 2 aromatic carbocycles. The SMILES string of the molecule is C=C[C@@H]1CN(S(=O)(=O)c2ccc(C)cc2)CC[C@]12C(=O)C=Cc1ccc(Br)cc12. The molecule has 1 heterocycles. The van der Waals surface area contributed by atoms with Crippen molar-refractivity contribution in [2.24, 2.45) is 5.92 Å². The van der Waals surface area contributed by atoms with Crippen LogP contribution in [0.25, 0.3) is 6.08 Å². The number of carbonyl (C=O) groups excluding carboxylic acids is 1. The minimum atomic E-state index is -3.63. The van der Waals surface area contributed by atoms with E-state index in [2.05, 4.69) is 22.5 Å². The molecular formula is C23H22BrNO3S. The monoisotopic (exact) mass is 471 g/mol. The lowest BCUT2D eigenvalue weighted by atomic mass is 9.61. The highest BCUT2D eigenvalue weighted by atomic mass is 79.9.